The van der Waals surface area contributed by atoms with Crippen molar-refractivity contribution in [3.8, 4) is 0 Å². The van der Waals surface area contributed by atoms with Crippen molar-refractivity contribution < 1.29 is 38.2 Å². The van der Waals surface area contributed by atoms with Crippen LogP contribution in [0.4, 0.5) is 0 Å². The molecule has 2 atom stereocenters. The Morgan fingerprint density at radius 1 is 0.516 bits per heavy atom. The van der Waals surface area contributed by atoms with Crippen LogP contribution in [-0.2, 0) is 28.6 Å². The number of rotatable bonds is 40. The first kappa shape index (κ1) is 57.7. The van der Waals surface area contributed by atoms with Gasteiger partial charge < -0.3 is 28.6 Å². The van der Waals surface area contributed by atoms with E-state index in [0.717, 1.165) is 89.9 Å². The summed E-state index contributed by atoms with van der Waals surface area (Å²) in [7, 11) is 5.37. The first-order valence-corrected chi connectivity index (χ1v) is 23.6. The molecule has 0 heterocycles. The lowest BCUT2D eigenvalue weighted by Crippen LogP contribution is -2.55. The zero-order valence-electron chi connectivity index (χ0n) is 39.5. The smallest absolute Gasteiger partial charge is 0.306 e. The van der Waals surface area contributed by atoms with Crippen molar-refractivity contribution >= 4 is 17.9 Å². The van der Waals surface area contributed by atoms with Gasteiger partial charge in [0.25, 0.3) is 0 Å². The van der Waals surface area contributed by atoms with Crippen molar-refractivity contribution in [2.75, 3.05) is 41.0 Å². The Hall–Kier alpha value is -4.27. The summed E-state index contributed by atoms with van der Waals surface area (Å²) in [5, 5.41) is 11.6. The van der Waals surface area contributed by atoms with Gasteiger partial charge in [-0.25, -0.2) is 0 Å². The fraction of sp³-hybridized carbons (Fsp3) is 0.574. The number of likely N-dealkylation sites (N-methyl/N-ethyl adjacent to an activating group) is 1. The number of esters is 2. The van der Waals surface area contributed by atoms with Crippen LogP contribution in [0.2, 0.25) is 0 Å². The normalized spacial score (nSPS) is 14.0. The van der Waals surface area contributed by atoms with Gasteiger partial charge in [0, 0.05) is 19.3 Å². The average molecular weight is 860 g/mol. The average Bonchev–Trinajstić information content (AvgIpc) is 3.23. The van der Waals surface area contributed by atoms with Crippen LogP contribution in [0.1, 0.15) is 149 Å². The third kappa shape index (κ3) is 41.1. The summed E-state index contributed by atoms with van der Waals surface area (Å²) in [5.41, 5.74) is 0. The molecule has 0 rings (SSSR count). The molecule has 0 aromatic carbocycles. The quantitative estimate of drug-likeness (QED) is 0.0199. The lowest BCUT2D eigenvalue weighted by Gasteiger charge is -2.34. The van der Waals surface area contributed by atoms with Gasteiger partial charge >= 0.3 is 11.9 Å². The summed E-state index contributed by atoms with van der Waals surface area (Å²) in [6.45, 7) is 4.40. The number of unbranched alkanes of at least 4 members (excludes halogenated alkanes) is 9. The number of nitrogens with zero attached hydrogens (tertiary/aromatic N) is 1. The van der Waals surface area contributed by atoms with Crippen molar-refractivity contribution in [3.63, 3.8) is 0 Å². The third-order valence-corrected chi connectivity index (χ3v) is 9.68. The molecule has 0 aliphatic carbocycles. The number of hydrogen-bond donors (Lipinski definition) is 0. The summed E-state index contributed by atoms with van der Waals surface area (Å²) >= 11 is 0. The lowest BCUT2D eigenvalue weighted by molar-refractivity contribution is -0.889. The maximum atomic E-state index is 12.7. The fourth-order valence-corrected chi connectivity index (χ4v) is 6.03. The molecule has 0 aliphatic heterocycles. The highest BCUT2D eigenvalue weighted by Gasteiger charge is 2.25. The Bertz CT molecular complexity index is 1420. The van der Waals surface area contributed by atoms with Gasteiger partial charge in [0.1, 0.15) is 12.6 Å². The number of carboxylic acids is 1. The molecule has 8 heteroatoms. The molecule has 0 aromatic heterocycles. The van der Waals surface area contributed by atoms with Gasteiger partial charge in [-0.15, -0.1) is 0 Å². The van der Waals surface area contributed by atoms with Crippen molar-refractivity contribution in [3.05, 3.63) is 122 Å². The monoisotopic (exact) mass is 860 g/mol. The lowest BCUT2D eigenvalue weighted by atomic mass is 10.1. The van der Waals surface area contributed by atoms with Gasteiger partial charge in [-0.1, -0.05) is 167 Å². The van der Waals surface area contributed by atoms with E-state index in [-0.39, 0.29) is 55.5 Å². The van der Waals surface area contributed by atoms with Gasteiger partial charge in [-0.05, 0) is 83.5 Å². The van der Waals surface area contributed by atoms with Gasteiger partial charge in [0.2, 0.25) is 0 Å². The SMILES string of the molecule is CC/C=C/C/C=C/C/C=C/C/C=C/C/C=C/C/C=C/CCCC(=O)OCC(COCCC(C(=O)[O-])[N+](C)(C)C)OC(=O)CCCCCCC/C=C/C=C/C=C/C=C/CCCCC. The first-order chi connectivity index (χ1) is 30.1. The molecule has 0 spiro atoms. The number of allylic oxidation sites excluding steroid dienone is 20. The van der Waals surface area contributed by atoms with E-state index in [1.807, 2.05) is 12.2 Å². The molecular weight excluding hydrogens is 775 g/mol. The second kappa shape index (κ2) is 43.4. The highest BCUT2D eigenvalue weighted by molar-refractivity contribution is 5.70. The number of hydrogen-bond acceptors (Lipinski definition) is 7. The molecular formula is C54H85NO7. The highest BCUT2D eigenvalue weighted by Crippen LogP contribution is 2.12. The summed E-state index contributed by atoms with van der Waals surface area (Å²) in [6, 6.07) is -0.748. The van der Waals surface area contributed by atoms with E-state index in [0.29, 0.717) is 6.42 Å². The molecule has 0 fully saturated rings. The van der Waals surface area contributed by atoms with E-state index in [2.05, 4.69) is 123 Å². The van der Waals surface area contributed by atoms with E-state index < -0.39 is 18.1 Å². The zero-order valence-corrected chi connectivity index (χ0v) is 39.5. The van der Waals surface area contributed by atoms with E-state index in [1.54, 1.807) is 21.1 Å². The number of carbonyl (C=O) groups excluding carboxylic acids is 3. The Labute approximate surface area is 378 Å². The molecule has 0 saturated heterocycles. The molecule has 2 unspecified atom stereocenters. The second-order valence-corrected chi connectivity index (χ2v) is 16.3. The van der Waals surface area contributed by atoms with Gasteiger partial charge in [0.15, 0.2) is 6.10 Å². The Morgan fingerprint density at radius 2 is 0.984 bits per heavy atom. The topological polar surface area (TPSA) is 102 Å². The molecule has 0 radical (unpaired) electrons. The maximum absolute atomic E-state index is 12.7. The molecule has 0 saturated carbocycles. The largest absolute Gasteiger partial charge is 0.544 e. The van der Waals surface area contributed by atoms with E-state index in [9.17, 15) is 19.5 Å². The Kier molecular flexibility index (Phi) is 40.4. The predicted molar refractivity (Wildman–Crippen MR) is 258 cm³/mol. The van der Waals surface area contributed by atoms with Crippen molar-refractivity contribution in [2.45, 2.75) is 161 Å². The number of ether oxygens (including phenoxy) is 3. The number of aliphatic carboxylic acids is 1. The van der Waals surface area contributed by atoms with Crippen molar-refractivity contribution in [1.82, 2.24) is 0 Å². The summed E-state index contributed by atoms with van der Waals surface area (Å²) in [4.78, 5) is 36.9. The summed E-state index contributed by atoms with van der Waals surface area (Å²) in [6.07, 6.45) is 60.8. The molecule has 0 aromatic rings. The predicted octanol–water partition coefficient (Wildman–Crippen LogP) is 12.1. The van der Waals surface area contributed by atoms with Crippen molar-refractivity contribution in [2.24, 2.45) is 0 Å². The third-order valence-electron chi connectivity index (χ3n) is 9.68. The molecule has 0 bridgehead atoms. The minimum Gasteiger partial charge on any atom is -0.544 e. The maximum Gasteiger partial charge on any atom is 0.306 e. The van der Waals surface area contributed by atoms with Crippen LogP contribution in [0, 0.1) is 0 Å². The minimum atomic E-state index is -1.14. The standard InChI is InChI=1S/C54H85NO7/c1-6-8-10-12-14-16-18-20-22-24-26-27-29-30-32-34-36-38-40-42-44-52(56)61-49-50(48-60-47-46-51(54(58)59)55(3,4)5)62-53(57)45-43-41-39-37-35-33-31-28-25-23-21-19-17-15-13-11-9-7-2/h8,10,14-17,19-23,25-28,30-32,36,38,50-51H,6-7,9,11-13,18,24,29,33-35,37,39-49H2,1-5H3/b10-8+,16-14+,17-15+,21-19+,22-20+,25-23+,27-26+,31-28+,32-30+,38-36+. The van der Waals surface area contributed by atoms with Crippen LogP contribution in [0.3, 0.4) is 0 Å². The number of carboxylic acid groups (broad SMARTS) is 1. The molecule has 0 aliphatic rings. The number of carbonyl (C=O) groups is 3. The molecule has 62 heavy (non-hydrogen) atoms. The Balaban J connectivity index is 4.50. The first-order valence-electron chi connectivity index (χ1n) is 23.6. The molecule has 0 amide bonds. The summed E-state index contributed by atoms with van der Waals surface area (Å²) in [5.74, 6) is -1.86. The van der Waals surface area contributed by atoms with Crippen LogP contribution < -0.4 is 5.11 Å². The minimum absolute atomic E-state index is 0.00361. The van der Waals surface area contributed by atoms with Crippen LogP contribution >= 0.6 is 0 Å². The number of quaternary nitrogens is 1. The van der Waals surface area contributed by atoms with E-state index >= 15 is 0 Å². The fourth-order valence-electron chi connectivity index (χ4n) is 6.03. The van der Waals surface area contributed by atoms with Gasteiger partial charge in [-0.2, -0.15) is 0 Å². The zero-order chi connectivity index (χ0) is 45.6. The van der Waals surface area contributed by atoms with Crippen molar-refractivity contribution in [1.29, 1.82) is 0 Å². The highest BCUT2D eigenvalue weighted by atomic mass is 16.6. The Morgan fingerprint density at radius 3 is 1.52 bits per heavy atom. The molecule has 348 valence electrons. The van der Waals surface area contributed by atoms with Crippen LogP contribution in [-0.4, -0.2) is 75.5 Å². The van der Waals surface area contributed by atoms with Gasteiger partial charge in [0.05, 0.1) is 40.3 Å². The van der Waals surface area contributed by atoms with E-state index in [4.69, 9.17) is 14.2 Å². The molecule has 0 N–H and O–H groups in total. The van der Waals surface area contributed by atoms with Crippen LogP contribution in [0.25, 0.3) is 0 Å². The second-order valence-electron chi connectivity index (χ2n) is 16.3. The van der Waals surface area contributed by atoms with Gasteiger partial charge in [-0.3, -0.25) is 9.59 Å². The van der Waals surface area contributed by atoms with Crippen LogP contribution in [0.15, 0.2) is 122 Å². The van der Waals surface area contributed by atoms with E-state index in [1.165, 1.54) is 19.3 Å². The molecule has 8 nitrogen and oxygen atoms in total. The van der Waals surface area contributed by atoms with Crippen LogP contribution in [0.5, 0.6) is 0 Å². The summed E-state index contributed by atoms with van der Waals surface area (Å²) < 4.78 is 17.1.